The lowest BCUT2D eigenvalue weighted by Crippen LogP contribution is -2.29. The van der Waals surface area contributed by atoms with Crippen molar-refractivity contribution in [1.29, 1.82) is 0 Å². The molecule has 1 N–H and O–H groups in total. The van der Waals surface area contributed by atoms with E-state index in [1.165, 1.54) is 0 Å². The highest BCUT2D eigenvalue weighted by molar-refractivity contribution is 5.97. The van der Waals surface area contributed by atoms with Gasteiger partial charge in [0.15, 0.2) is 0 Å². The molecule has 2 aromatic carbocycles. The molecule has 1 aliphatic carbocycles. The molecule has 26 heavy (non-hydrogen) atoms. The maximum absolute atomic E-state index is 12.5. The summed E-state index contributed by atoms with van der Waals surface area (Å²) in [6.07, 6.45) is 2.46. The first-order chi connectivity index (χ1) is 12.7. The second-order valence-corrected chi connectivity index (χ2v) is 6.86. The summed E-state index contributed by atoms with van der Waals surface area (Å²) >= 11 is 0. The molecule has 1 aliphatic heterocycles. The Morgan fingerprint density at radius 2 is 1.73 bits per heavy atom. The summed E-state index contributed by atoms with van der Waals surface area (Å²) in [7, 11) is 0. The third-order valence-corrected chi connectivity index (χ3v) is 4.77. The molecule has 130 valence electrons. The van der Waals surface area contributed by atoms with Crippen LogP contribution in [0, 0.1) is 17.8 Å². The third-order valence-electron chi connectivity index (χ3n) is 4.77. The summed E-state index contributed by atoms with van der Waals surface area (Å²) in [5.74, 6) is 5.99. The van der Waals surface area contributed by atoms with Crippen molar-refractivity contribution in [2.24, 2.45) is 5.92 Å². The number of rotatable bonds is 3. The number of likely N-dealkylation sites (tertiary alicyclic amines) is 1. The van der Waals surface area contributed by atoms with Gasteiger partial charge in [-0.25, -0.2) is 0 Å². The highest BCUT2D eigenvalue weighted by Crippen LogP contribution is 2.32. The molecule has 1 atom stereocenters. The largest absolute Gasteiger partial charge is 0.339 e. The van der Waals surface area contributed by atoms with E-state index in [0.717, 1.165) is 24.0 Å². The minimum Gasteiger partial charge on any atom is -0.339 e. The van der Waals surface area contributed by atoms with Crippen LogP contribution in [0.5, 0.6) is 0 Å². The highest BCUT2D eigenvalue weighted by atomic mass is 16.2. The van der Waals surface area contributed by atoms with E-state index < -0.39 is 0 Å². The van der Waals surface area contributed by atoms with Crippen LogP contribution in [0.15, 0.2) is 54.6 Å². The second-order valence-electron chi connectivity index (χ2n) is 6.86. The first kappa shape index (κ1) is 16.4. The van der Waals surface area contributed by atoms with Crippen LogP contribution in [-0.4, -0.2) is 29.3 Å². The van der Waals surface area contributed by atoms with Crippen LogP contribution in [-0.2, 0) is 9.59 Å². The van der Waals surface area contributed by atoms with Gasteiger partial charge >= 0.3 is 0 Å². The third kappa shape index (κ3) is 3.78. The number of amides is 2. The van der Waals surface area contributed by atoms with Gasteiger partial charge in [0, 0.05) is 35.8 Å². The molecule has 0 spiro atoms. The smallest absolute Gasteiger partial charge is 0.229 e. The Bertz CT molecular complexity index is 891. The van der Waals surface area contributed by atoms with Gasteiger partial charge in [-0.1, -0.05) is 36.1 Å². The first-order valence-corrected chi connectivity index (χ1v) is 8.96. The Morgan fingerprint density at radius 3 is 2.50 bits per heavy atom. The predicted molar refractivity (Wildman–Crippen MR) is 100 cm³/mol. The van der Waals surface area contributed by atoms with Crippen molar-refractivity contribution < 1.29 is 9.59 Å². The fourth-order valence-corrected chi connectivity index (χ4v) is 3.23. The quantitative estimate of drug-likeness (QED) is 0.870. The van der Waals surface area contributed by atoms with Crippen LogP contribution in [0.25, 0.3) is 0 Å². The molecule has 4 rings (SSSR count). The zero-order chi connectivity index (χ0) is 17.9. The zero-order valence-corrected chi connectivity index (χ0v) is 14.4. The lowest BCUT2D eigenvalue weighted by atomic mass is 10.1. The number of carbonyl (C=O) groups is 2. The van der Waals surface area contributed by atoms with Crippen molar-refractivity contribution in [2.75, 3.05) is 11.9 Å². The molecule has 2 aromatic rings. The Balaban J connectivity index is 1.41. The molecule has 2 amide bonds. The molecule has 4 heteroatoms. The Kier molecular flexibility index (Phi) is 4.45. The van der Waals surface area contributed by atoms with Gasteiger partial charge in [0.25, 0.3) is 0 Å². The summed E-state index contributed by atoms with van der Waals surface area (Å²) in [6, 6.07) is 17.7. The van der Waals surface area contributed by atoms with Crippen molar-refractivity contribution >= 4 is 17.5 Å². The van der Waals surface area contributed by atoms with E-state index in [-0.39, 0.29) is 17.7 Å². The average Bonchev–Trinajstić information content (AvgIpc) is 3.43. The number of nitrogens with zero attached hydrogens (tertiary/aromatic N) is 1. The SMILES string of the molecule is O=C(Nc1cccc(C#Cc2ccccc2)c1)[C@@H]1CC(=O)N(C2CC2)C1. The van der Waals surface area contributed by atoms with Gasteiger partial charge < -0.3 is 10.2 Å². The average molecular weight is 344 g/mol. The number of anilines is 1. The maximum atomic E-state index is 12.5. The number of carbonyl (C=O) groups excluding carboxylic acids is 2. The van der Waals surface area contributed by atoms with Gasteiger partial charge in [-0.15, -0.1) is 0 Å². The minimum atomic E-state index is -0.262. The molecule has 2 aliphatic rings. The summed E-state index contributed by atoms with van der Waals surface area (Å²) in [6.45, 7) is 0.544. The van der Waals surface area contributed by atoms with Crippen molar-refractivity contribution in [3.63, 3.8) is 0 Å². The summed E-state index contributed by atoms with van der Waals surface area (Å²) in [4.78, 5) is 26.4. The normalized spacial score (nSPS) is 19.0. The van der Waals surface area contributed by atoms with E-state index in [2.05, 4.69) is 17.2 Å². The molecule has 0 aromatic heterocycles. The van der Waals surface area contributed by atoms with Crippen LogP contribution >= 0.6 is 0 Å². The lowest BCUT2D eigenvalue weighted by molar-refractivity contribution is -0.128. The second kappa shape index (κ2) is 7.05. The Labute approximate surface area is 153 Å². The van der Waals surface area contributed by atoms with Crippen LogP contribution in [0.1, 0.15) is 30.4 Å². The maximum Gasteiger partial charge on any atom is 0.229 e. The fraction of sp³-hybridized carbons (Fsp3) is 0.273. The van der Waals surface area contributed by atoms with Gasteiger partial charge in [0.05, 0.1) is 5.92 Å². The van der Waals surface area contributed by atoms with E-state index in [0.29, 0.717) is 24.7 Å². The number of hydrogen-bond acceptors (Lipinski definition) is 2. The summed E-state index contributed by atoms with van der Waals surface area (Å²) in [5.41, 5.74) is 2.51. The van der Waals surface area contributed by atoms with Gasteiger partial charge in [-0.2, -0.15) is 0 Å². The van der Waals surface area contributed by atoms with Gasteiger partial charge in [-0.3, -0.25) is 9.59 Å². The molecule has 1 saturated heterocycles. The standard InChI is InChI=1S/C22H20N2O2/c25-21-14-18(15-24(21)20-11-12-20)22(26)23-19-8-4-7-17(13-19)10-9-16-5-2-1-3-6-16/h1-8,13,18,20H,11-12,14-15H2,(H,23,26)/t18-/m1/s1. The number of hydrogen-bond donors (Lipinski definition) is 1. The lowest BCUT2D eigenvalue weighted by Gasteiger charge is -2.15. The Hall–Kier alpha value is -3.06. The van der Waals surface area contributed by atoms with Gasteiger partial charge in [0.1, 0.15) is 0 Å². The van der Waals surface area contributed by atoms with E-state index in [1.54, 1.807) is 0 Å². The molecule has 1 saturated carbocycles. The van der Waals surface area contributed by atoms with Crippen molar-refractivity contribution in [1.82, 2.24) is 4.90 Å². The summed E-state index contributed by atoms with van der Waals surface area (Å²) in [5, 5.41) is 2.94. The molecule has 0 unspecified atom stereocenters. The van der Waals surface area contributed by atoms with Crippen LogP contribution in [0.3, 0.4) is 0 Å². The number of nitrogens with one attached hydrogen (secondary N) is 1. The topological polar surface area (TPSA) is 49.4 Å². The molecule has 1 heterocycles. The van der Waals surface area contributed by atoms with Crippen LogP contribution in [0.4, 0.5) is 5.69 Å². The number of benzene rings is 2. The van der Waals surface area contributed by atoms with E-state index in [9.17, 15) is 9.59 Å². The molecular weight excluding hydrogens is 324 g/mol. The molecular formula is C22H20N2O2. The molecule has 2 fully saturated rings. The predicted octanol–water partition coefficient (Wildman–Crippen LogP) is 3.04. The molecule has 0 radical (unpaired) electrons. The Morgan fingerprint density at radius 1 is 1.00 bits per heavy atom. The van der Waals surface area contributed by atoms with E-state index in [4.69, 9.17) is 0 Å². The van der Waals surface area contributed by atoms with E-state index in [1.807, 2.05) is 59.5 Å². The fourth-order valence-electron chi connectivity index (χ4n) is 3.23. The van der Waals surface area contributed by atoms with E-state index >= 15 is 0 Å². The van der Waals surface area contributed by atoms with Crippen molar-refractivity contribution in [3.8, 4) is 11.8 Å². The van der Waals surface area contributed by atoms with Crippen LogP contribution in [0.2, 0.25) is 0 Å². The monoisotopic (exact) mass is 344 g/mol. The molecule has 4 nitrogen and oxygen atoms in total. The highest BCUT2D eigenvalue weighted by Gasteiger charge is 2.41. The van der Waals surface area contributed by atoms with Gasteiger partial charge in [-0.05, 0) is 43.2 Å². The zero-order valence-electron chi connectivity index (χ0n) is 14.4. The van der Waals surface area contributed by atoms with Gasteiger partial charge in [0.2, 0.25) is 11.8 Å². The minimum absolute atomic E-state index is 0.0883. The van der Waals surface area contributed by atoms with Crippen LogP contribution < -0.4 is 5.32 Å². The van der Waals surface area contributed by atoms with Crippen molar-refractivity contribution in [3.05, 3.63) is 65.7 Å². The van der Waals surface area contributed by atoms with Crippen molar-refractivity contribution in [2.45, 2.75) is 25.3 Å². The summed E-state index contributed by atoms with van der Waals surface area (Å²) < 4.78 is 0. The molecule has 0 bridgehead atoms. The first-order valence-electron chi connectivity index (χ1n) is 8.96.